The van der Waals surface area contributed by atoms with Crippen molar-refractivity contribution in [2.75, 3.05) is 6.54 Å². The molecule has 1 aromatic rings. The summed E-state index contributed by atoms with van der Waals surface area (Å²) in [5, 5.41) is 11.0. The van der Waals surface area contributed by atoms with Gasteiger partial charge in [0.2, 0.25) is 5.91 Å². The topological polar surface area (TPSA) is 66.4 Å². The van der Waals surface area contributed by atoms with Gasteiger partial charge in [-0.05, 0) is 31.6 Å². The van der Waals surface area contributed by atoms with Gasteiger partial charge in [0, 0.05) is 28.8 Å². The van der Waals surface area contributed by atoms with E-state index in [0.29, 0.717) is 13.0 Å². The highest BCUT2D eigenvalue weighted by Gasteiger charge is 1.98. The van der Waals surface area contributed by atoms with Crippen LogP contribution in [0.1, 0.15) is 22.6 Å². The van der Waals surface area contributed by atoms with Crippen LogP contribution in [-0.2, 0) is 9.59 Å². The lowest BCUT2D eigenvalue weighted by atomic mass is 10.3. The summed E-state index contributed by atoms with van der Waals surface area (Å²) in [4.78, 5) is 23.8. The van der Waals surface area contributed by atoms with Crippen molar-refractivity contribution in [2.45, 2.75) is 19.8 Å². The summed E-state index contributed by atoms with van der Waals surface area (Å²) in [5.41, 5.74) is 0. The van der Waals surface area contributed by atoms with Gasteiger partial charge in [0.25, 0.3) is 0 Å². The van der Waals surface area contributed by atoms with E-state index in [0.717, 1.165) is 4.88 Å². The van der Waals surface area contributed by atoms with Crippen molar-refractivity contribution in [1.29, 1.82) is 0 Å². The Kier molecular flexibility index (Phi) is 5.42. The van der Waals surface area contributed by atoms with Crippen molar-refractivity contribution in [3.05, 3.63) is 28.0 Å². The van der Waals surface area contributed by atoms with Gasteiger partial charge in [0.1, 0.15) is 0 Å². The molecule has 0 saturated carbocycles. The van der Waals surface area contributed by atoms with E-state index in [9.17, 15) is 9.59 Å². The Morgan fingerprint density at radius 1 is 1.47 bits per heavy atom. The largest absolute Gasteiger partial charge is 0.481 e. The Morgan fingerprint density at radius 2 is 2.24 bits per heavy atom. The second kappa shape index (κ2) is 6.85. The van der Waals surface area contributed by atoms with E-state index in [1.54, 1.807) is 17.4 Å². The van der Waals surface area contributed by atoms with Crippen LogP contribution in [0.15, 0.2) is 18.2 Å². The molecular weight excluding hydrogens is 238 g/mol. The van der Waals surface area contributed by atoms with Crippen LogP contribution in [0, 0.1) is 6.92 Å². The van der Waals surface area contributed by atoms with Gasteiger partial charge >= 0.3 is 5.97 Å². The van der Waals surface area contributed by atoms with Gasteiger partial charge in [-0.2, -0.15) is 0 Å². The van der Waals surface area contributed by atoms with Gasteiger partial charge in [-0.25, -0.2) is 0 Å². The van der Waals surface area contributed by atoms with Gasteiger partial charge in [-0.15, -0.1) is 11.3 Å². The van der Waals surface area contributed by atoms with Crippen LogP contribution in [0.3, 0.4) is 0 Å². The molecule has 2 N–H and O–H groups in total. The highest BCUT2D eigenvalue weighted by molar-refractivity contribution is 7.12. The fourth-order valence-electron chi connectivity index (χ4n) is 1.21. The minimum absolute atomic E-state index is 0.0775. The standard InChI is InChI=1S/C12H15NO3S/c1-9-4-5-10(17-9)6-7-11(14)13-8-2-3-12(15)16/h4-7H,2-3,8H2,1H3,(H,13,14)(H,15,16)/b7-6+. The van der Waals surface area contributed by atoms with Crippen molar-refractivity contribution in [2.24, 2.45) is 0 Å². The summed E-state index contributed by atoms with van der Waals surface area (Å²) < 4.78 is 0. The molecule has 1 heterocycles. The van der Waals surface area contributed by atoms with Crippen molar-refractivity contribution in [3.8, 4) is 0 Å². The molecule has 92 valence electrons. The van der Waals surface area contributed by atoms with E-state index in [1.165, 1.54) is 11.0 Å². The van der Waals surface area contributed by atoms with E-state index < -0.39 is 5.97 Å². The number of carbonyl (C=O) groups excluding carboxylic acids is 1. The summed E-state index contributed by atoms with van der Waals surface area (Å²) in [6.07, 6.45) is 3.75. The fraction of sp³-hybridized carbons (Fsp3) is 0.333. The smallest absolute Gasteiger partial charge is 0.303 e. The maximum absolute atomic E-state index is 11.3. The zero-order chi connectivity index (χ0) is 12.7. The van der Waals surface area contributed by atoms with Crippen LogP contribution in [0.5, 0.6) is 0 Å². The molecule has 0 unspecified atom stereocenters. The number of carbonyl (C=O) groups is 2. The summed E-state index contributed by atoms with van der Waals surface area (Å²) in [7, 11) is 0. The molecule has 5 heteroatoms. The first-order valence-corrected chi connectivity index (χ1v) is 6.14. The molecule has 0 aromatic carbocycles. The zero-order valence-electron chi connectivity index (χ0n) is 9.60. The third kappa shape index (κ3) is 5.87. The SMILES string of the molecule is Cc1ccc(/C=C/C(=O)NCCCC(=O)O)s1. The first-order valence-electron chi connectivity index (χ1n) is 5.32. The molecule has 0 bridgehead atoms. The summed E-state index contributed by atoms with van der Waals surface area (Å²) >= 11 is 1.62. The number of rotatable bonds is 6. The third-order valence-electron chi connectivity index (χ3n) is 2.03. The lowest BCUT2D eigenvalue weighted by molar-refractivity contribution is -0.137. The molecule has 0 atom stereocenters. The minimum atomic E-state index is -0.844. The van der Waals surface area contributed by atoms with Crippen molar-refractivity contribution in [1.82, 2.24) is 5.32 Å². The van der Waals surface area contributed by atoms with Gasteiger partial charge < -0.3 is 10.4 Å². The molecule has 4 nitrogen and oxygen atoms in total. The molecule has 0 radical (unpaired) electrons. The predicted molar refractivity (Wildman–Crippen MR) is 68.0 cm³/mol. The van der Waals surface area contributed by atoms with Crippen LogP contribution >= 0.6 is 11.3 Å². The quantitative estimate of drug-likeness (QED) is 0.602. The molecule has 0 aliphatic carbocycles. The Morgan fingerprint density at radius 3 is 2.82 bits per heavy atom. The van der Waals surface area contributed by atoms with Crippen LogP contribution < -0.4 is 5.32 Å². The average Bonchev–Trinajstić information content (AvgIpc) is 2.67. The molecule has 17 heavy (non-hydrogen) atoms. The zero-order valence-corrected chi connectivity index (χ0v) is 10.4. The monoisotopic (exact) mass is 253 g/mol. The van der Waals surface area contributed by atoms with Crippen molar-refractivity contribution >= 4 is 29.3 Å². The molecule has 0 fully saturated rings. The Balaban J connectivity index is 2.25. The van der Waals surface area contributed by atoms with E-state index in [4.69, 9.17) is 5.11 Å². The number of aliphatic carboxylic acids is 1. The highest BCUT2D eigenvalue weighted by Crippen LogP contribution is 2.16. The first kappa shape index (κ1) is 13.4. The normalized spacial score (nSPS) is 10.6. The number of amides is 1. The maximum Gasteiger partial charge on any atom is 0.303 e. The second-order valence-electron chi connectivity index (χ2n) is 3.57. The van der Waals surface area contributed by atoms with E-state index in [1.807, 2.05) is 19.1 Å². The first-order chi connectivity index (χ1) is 8.08. The number of aryl methyl sites for hydroxylation is 1. The molecule has 1 aromatic heterocycles. The lowest BCUT2D eigenvalue weighted by Gasteiger charge is -1.99. The lowest BCUT2D eigenvalue weighted by Crippen LogP contribution is -2.22. The van der Waals surface area contributed by atoms with Crippen molar-refractivity contribution in [3.63, 3.8) is 0 Å². The molecule has 1 rings (SSSR count). The second-order valence-corrected chi connectivity index (χ2v) is 4.89. The van der Waals surface area contributed by atoms with Gasteiger partial charge in [0.05, 0.1) is 0 Å². The van der Waals surface area contributed by atoms with Gasteiger partial charge in [-0.1, -0.05) is 0 Å². The number of hydrogen-bond acceptors (Lipinski definition) is 3. The average molecular weight is 253 g/mol. The summed E-state index contributed by atoms with van der Waals surface area (Å²) in [6, 6.07) is 3.95. The van der Waals surface area contributed by atoms with E-state index in [-0.39, 0.29) is 12.3 Å². The molecule has 0 saturated heterocycles. The Bertz CT molecular complexity index is 423. The van der Waals surface area contributed by atoms with Crippen molar-refractivity contribution < 1.29 is 14.7 Å². The number of carboxylic acid groups (broad SMARTS) is 1. The molecule has 1 amide bonds. The Hall–Kier alpha value is -1.62. The van der Waals surface area contributed by atoms with Crippen LogP contribution in [0.2, 0.25) is 0 Å². The number of nitrogens with one attached hydrogen (secondary N) is 1. The van der Waals surface area contributed by atoms with Crippen LogP contribution in [0.25, 0.3) is 6.08 Å². The molecular formula is C12H15NO3S. The Labute approximate surface area is 104 Å². The number of thiophene rings is 1. The number of carboxylic acids is 1. The maximum atomic E-state index is 11.3. The number of hydrogen-bond donors (Lipinski definition) is 2. The summed E-state index contributed by atoms with van der Waals surface area (Å²) in [6.45, 7) is 2.40. The van der Waals surface area contributed by atoms with E-state index >= 15 is 0 Å². The highest BCUT2D eigenvalue weighted by atomic mass is 32.1. The third-order valence-corrected chi connectivity index (χ3v) is 2.99. The predicted octanol–water partition coefficient (Wildman–Crippen LogP) is 2.05. The van der Waals surface area contributed by atoms with E-state index in [2.05, 4.69) is 5.32 Å². The molecule has 0 aliphatic rings. The molecule has 0 aliphatic heterocycles. The fourth-order valence-corrected chi connectivity index (χ4v) is 1.99. The van der Waals surface area contributed by atoms with Gasteiger partial charge in [-0.3, -0.25) is 9.59 Å². The van der Waals surface area contributed by atoms with Crippen LogP contribution in [-0.4, -0.2) is 23.5 Å². The van der Waals surface area contributed by atoms with Crippen LogP contribution in [0.4, 0.5) is 0 Å². The minimum Gasteiger partial charge on any atom is -0.481 e. The van der Waals surface area contributed by atoms with Gasteiger partial charge in [0.15, 0.2) is 0 Å². The molecule has 0 spiro atoms. The summed E-state index contributed by atoms with van der Waals surface area (Å²) in [5.74, 6) is -1.04.